The molecule has 0 saturated carbocycles. The fourth-order valence-electron chi connectivity index (χ4n) is 2.63. The van der Waals surface area contributed by atoms with Crippen molar-refractivity contribution in [2.75, 3.05) is 44.2 Å². The molecule has 1 saturated heterocycles. The topological polar surface area (TPSA) is 48.5 Å². The molecule has 0 spiro atoms. The van der Waals surface area contributed by atoms with Gasteiger partial charge in [-0.3, -0.25) is 4.79 Å². The number of nitrogens with zero attached hydrogens (tertiary/aromatic N) is 3. The monoisotopic (exact) mass is 290 g/mol. The van der Waals surface area contributed by atoms with Crippen LogP contribution in [0.4, 0.5) is 5.82 Å². The predicted molar refractivity (Wildman–Crippen MR) is 85.8 cm³/mol. The summed E-state index contributed by atoms with van der Waals surface area (Å²) in [6, 6.07) is 5.68. The van der Waals surface area contributed by atoms with E-state index in [4.69, 9.17) is 0 Å². The average molecular weight is 290 g/mol. The van der Waals surface area contributed by atoms with Crippen molar-refractivity contribution in [3.63, 3.8) is 0 Å². The van der Waals surface area contributed by atoms with E-state index in [0.717, 1.165) is 38.5 Å². The summed E-state index contributed by atoms with van der Waals surface area (Å²) in [4.78, 5) is 21.2. The van der Waals surface area contributed by atoms with Crippen LogP contribution in [0.3, 0.4) is 0 Å². The molecule has 0 atom stereocenters. The zero-order valence-corrected chi connectivity index (χ0v) is 13.1. The Balaban J connectivity index is 1.88. The number of anilines is 1. The minimum Gasteiger partial charge on any atom is -0.357 e. The van der Waals surface area contributed by atoms with Gasteiger partial charge in [0.1, 0.15) is 11.5 Å². The zero-order valence-electron chi connectivity index (χ0n) is 13.1. The molecule has 0 bridgehead atoms. The van der Waals surface area contributed by atoms with Crippen LogP contribution >= 0.6 is 0 Å². The van der Waals surface area contributed by atoms with E-state index < -0.39 is 0 Å². The number of likely N-dealkylation sites (N-methyl/N-ethyl adjacent to an activating group) is 1. The SMILES string of the molecule is CCN(CC)CCNC(=O)c1cccc(N2CCCC2)n1. The molecule has 0 radical (unpaired) electrons. The minimum absolute atomic E-state index is 0.0804. The predicted octanol–water partition coefficient (Wildman–Crippen LogP) is 1.75. The van der Waals surface area contributed by atoms with Gasteiger partial charge >= 0.3 is 0 Å². The van der Waals surface area contributed by atoms with Gasteiger partial charge in [0.2, 0.25) is 0 Å². The Morgan fingerprint density at radius 2 is 2.00 bits per heavy atom. The lowest BCUT2D eigenvalue weighted by Crippen LogP contribution is -2.35. The van der Waals surface area contributed by atoms with Gasteiger partial charge in [0.05, 0.1) is 0 Å². The molecule has 0 aliphatic carbocycles. The molecular weight excluding hydrogens is 264 g/mol. The van der Waals surface area contributed by atoms with Gasteiger partial charge in [0.15, 0.2) is 0 Å². The fraction of sp³-hybridized carbons (Fsp3) is 0.625. The first kappa shape index (κ1) is 15.8. The van der Waals surface area contributed by atoms with Crippen molar-refractivity contribution in [2.24, 2.45) is 0 Å². The van der Waals surface area contributed by atoms with Gasteiger partial charge in [0, 0.05) is 26.2 Å². The number of hydrogen-bond acceptors (Lipinski definition) is 4. The van der Waals surface area contributed by atoms with Crippen molar-refractivity contribution in [2.45, 2.75) is 26.7 Å². The molecule has 2 heterocycles. The minimum atomic E-state index is -0.0804. The molecular formula is C16H26N4O. The summed E-state index contributed by atoms with van der Waals surface area (Å²) >= 11 is 0. The van der Waals surface area contributed by atoms with E-state index in [1.807, 2.05) is 12.1 Å². The third-order valence-corrected chi connectivity index (χ3v) is 4.01. The van der Waals surface area contributed by atoms with Crippen LogP contribution in [0.2, 0.25) is 0 Å². The fourth-order valence-corrected chi connectivity index (χ4v) is 2.63. The Hall–Kier alpha value is -1.62. The number of carbonyl (C=O) groups excluding carboxylic acids is 1. The quantitative estimate of drug-likeness (QED) is 0.831. The maximum atomic E-state index is 12.2. The van der Waals surface area contributed by atoms with Crippen LogP contribution in [0, 0.1) is 0 Å². The Morgan fingerprint density at radius 3 is 2.67 bits per heavy atom. The van der Waals surface area contributed by atoms with E-state index in [1.165, 1.54) is 12.8 Å². The Morgan fingerprint density at radius 1 is 1.29 bits per heavy atom. The van der Waals surface area contributed by atoms with E-state index in [-0.39, 0.29) is 5.91 Å². The summed E-state index contributed by atoms with van der Waals surface area (Å²) in [6.07, 6.45) is 2.42. The van der Waals surface area contributed by atoms with Crippen LogP contribution in [0.15, 0.2) is 18.2 Å². The lowest BCUT2D eigenvalue weighted by atomic mass is 10.3. The first-order valence-corrected chi connectivity index (χ1v) is 7.97. The number of hydrogen-bond donors (Lipinski definition) is 1. The molecule has 1 aromatic rings. The standard InChI is InChI=1S/C16H26N4O/c1-3-19(4-2)13-10-17-16(21)14-8-7-9-15(18-14)20-11-5-6-12-20/h7-9H,3-6,10-13H2,1-2H3,(H,17,21). The van der Waals surface area contributed by atoms with Crippen LogP contribution in [-0.2, 0) is 0 Å². The molecule has 1 amide bonds. The van der Waals surface area contributed by atoms with Gasteiger partial charge in [0.25, 0.3) is 5.91 Å². The Bertz CT molecular complexity index is 453. The van der Waals surface area contributed by atoms with Crippen molar-refractivity contribution in [1.29, 1.82) is 0 Å². The normalized spacial score (nSPS) is 14.7. The van der Waals surface area contributed by atoms with Gasteiger partial charge in [-0.15, -0.1) is 0 Å². The first-order chi connectivity index (χ1) is 10.2. The van der Waals surface area contributed by atoms with Crippen LogP contribution in [0.5, 0.6) is 0 Å². The third kappa shape index (κ3) is 4.43. The molecule has 116 valence electrons. The van der Waals surface area contributed by atoms with Crippen molar-refractivity contribution in [1.82, 2.24) is 15.2 Å². The lowest BCUT2D eigenvalue weighted by molar-refractivity contribution is 0.0944. The highest BCUT2D eigenvalue weighted by Crippen LogP contribution is 2.17. The number of amides is 1. The molecule has 5 heteroatoms. The second kappa shape index (κ2) is 7.98. The highest BCUT2D eigenvalue weighted by molar-refractivity contribution is 5.92. The summed E-state index contributed by atoms with van der Waals surface area (Å²) in [5, 5.41) is 2.95. The smallest absolute Gasteiger partial charge is 0.270 e. The summed E-state index contributed by atoms with van der Waals surface area (Å²) in [7, 11) is 0. The number of pyridine rings is 1. The molecule has 1 N–H and O–H groups in total. The first-order valence-electron chi connectivity index (χ1n) is 7.97. The lowest BCUT2D eigenvalue weighted by Gasteiger charge is -2.18. The maximum Gasteiger partial charge on any atom is 0.270 e. The molecule has 1 aliphatic rings. The summed E-state index contributed by atoms with van der Waals surface area (Å²) in [5.74, 6) is 0.840. The highest BCUT2D eigenvalue weighted by atomic mass is 16.1. The molecule has 1 fully saturated rings. The largest absolute Gasteiger partial charge is 0.357 e. The molecule has 2 rings (SSSR count). The number of rotatable bonds is 7. The Labute approximate surface area is 127 Å². The summed E-state index contributed by atoms with van der Waals surface area (Å²) in [6.45, 7) is 9.91. The van der Waals surface area contributed by atoms with Gasteiger partial charge in [-0.05, 0) is 38.1 Å². The van der Waals surface area contributed by atoms with Crippen LogP contribution in [0.25, 0.3) is 0 Å². The van der Waals surface area contributed by atoms with Crippen LogP contribution in [0.1, 0.15) is 37.2 Å². The van der Waals surface area contributed by atoms with E-state index in [1.54, 1.807) is 6.07 Å². The van der Waals surface area contributed by atoms with Gasteiger partial charge in [-0.2, -0.15) is 0 Å². The van der Waals surface area contributed by atoms with Gasteiger partial charge in [-0.1, -0.05) is 19.9 Å². The van der Waals surface area contributed by atoms with Crippen molar-refractivity contribution >= 4 is 11.7 Å². The van der Waals surface area contributed by atoms with E-state index in [2.05, 4.69) is 33.9 Å². The second-order valence-corrected chi connectivity index (χ2v) is 5.36. The van der Waals surface area contributed by atoms with Crippen molar-refractivity contribution < 1.29 is 4.79 Å². The van der Waals surface area contributed by atoms with Crippen molar-refractivity contribution in [3.05, 3.63) is 23.9 Å². The van der Waals surface area contributed by atoms with E-state index in [9.17, 15) is 4.79 Å². The summed E-state index contributed by atoms with van der Waals surface area (Å²) in [5.41, 5.74) is 0.513. The molecule has 0 unspecified atom stereocenters. The summed E-state index contributed by atoms with van der Waals surface area (Å²) < 4.78 is 0. The third-order valence-electron chi connectivity index (χ3n) is 4.01. The molecule has 21 heavy (non-hydrogen) atoms. The van der Waals surface area contributed by atoms with Gasteiger partial charge in [-0.25, -0.2) is 4.98 Å². The van der Waals surface area contributed by atoms with Crippen molar-refractivity contribution in [3.8, 4) is 0 Å². The number of aromatic nitrogens is 1. The molecule has 5 nitrogen and oxygen atoms in total. The van der Waals surface area contributed by atoms with Crippen LogP contribution in [-0.4, -0.2) is 55.1 Å². The van der Waals surface area contributed by atoms with Gasteiger partial charge < -0.3 is 15.1 Å². The van der Waals surface area contributed by atoms with E-state index in [0.29, 0.717) is 12.2 Å². The van der Waals surface area contributed by atoms with E-state index >= 15 is 0 Å². The molecule has 1 aliphatic heterocycles. The second-order valence-electron chi connectivity index (χ2n) is 5.36. The molecule has 0 aromatic carbocycles. The maximum absolute atomic E-state index is 12.2. The van der Waals surface area contributed by atoms with Crippen LogP contribution < -0.4 is 10.2 Å². The molecule has 1 aromatic heterocycles. The highest BCUT2D eigenvalue weighted by Gasteiger charge is 2.15. The zero-order chi connectivity index (χ0) is 15.1. The Kier molecular flexibility index (Phi) is 5.99. The number of carbonyl (C=O) groups is 1. The average Bonchev–Trinajstić information content (AvgIpc) is 3.06. The number of nitrogens with one attached hydrogen (secondary N) is 1.